The molecule has 4 aromatic carbocycles. The molecule has 0 aliphatic carbocycles. The third-order valence-corrected chi connectivity index (χ3v) is 7.22. The van der Waals surface area contributed by atoms with E-state index in [2.05, 4.69) is 56.8 Å². The number of rotatable bonds is 5. The van der Waals surface area contributed by atoms with Crippen LogP contribution in [-0.2, 0) is 17.9 Å². The van der Waals surface area contributed by atoms with Crippen molar-refractivity contribution in [3.63, 3.8) is 0 Å². The van der Waals surface area contributed by atoms with Gasteiger partial charge in [-0.2, -0.15) is 5.10 Å². The highest BCUT2D eigenvalue weighted by molar-refractivity contribution is 6.03. The summed E-state index contributed by atoms with van der Waals surface area (Å²) in [6.45, 7) is 3.83. The first-order valence-electron chi connectivity index (χ1n) is 13.1. The maximum absolute atomic E-state index is 13.9. The lowest BCUT2D eigenvalue weighted by Gasteiger charge is -2.26. The van der Waals surface area contributed by atoms with Crippen molar-refractivity contribution in [2.24, 2.45) is 0 Å². The number of aromatic amines is 1. The van der Waals surface area contributed by atoms with Crippen molar-refractivity contribution in [2.75, 3.05) is 23.3 Å². The van der Waals surface area contributed by atoms with Crippen molar-refractivity contribution in [1.29, 1.82) is 0 Å². The summed E-state index contributed by atoms with van der Waals surface area (Å²) in [7, 11) is 0. The Morgan fingerprint density at radius 2 is 1.72 bits per heavy atom. The summed E-state index contributed by atoms with van der Waals surface area (Å²) in [5.74, 6) is -0.308. The Kier molecular flexibility index (Phi) is 6.55. The molecule has 2 amide bonds. The molecule has 5 aromatic rings. The third-order valence-electron chi connectivity index (χ3n) is 7.22. The molecule has 7 nitrogen and oxygen atoms in total. The molecule has 0 fully saturated rings. The number of fused-ring (bicyclic) bond motifs is 2. The number of aromatic nitrogens is 2. The summed E-state index contributed by atoms with van der Waals surface area (Å²) >= 11 is 0. The van der Waals surface area contributed by atoms with Crippen LogP contribution in [0.2, 0.25) is 0 Å². The normalized spacial score (nSPS) is 13.2. The molecule has 7 heteroatoms. The molecule has 194 valence electrons. The van der Waals surface area contributed by atoms with Gasteiger partial charge in [0.25, 0.3) is 5.91 Å². The number of hydrogen-bond acceptors (Lipinski definition) is 4. The van der Waals surface area contributed by atoms with Crippen LogP contribution in [0.1, 0.15) is 28.4 Å². The van der Waals surface area contributed by atoms with E-state index in [0.717, 1.165) is 33.3 Å². The fourth-order valence-corrected chi connectivity index (χ4v) is 5.33. The van der Waals surface area contributed by atoms with E-state index in [1.807, 2.05) is 53.6 Å². The Labute approximate surface area is 227 Å². The quantitative estimate of drug-likeness (QED) is 0.308. The lowest BCUT2D eigenvalue weighted by Crippen LogP contribution is -2.35. The molecule has 2 N–H and O–H groups in total. The van der Waals surface area contributed by atoms with E-state index in [1.165, 1.54) is 12.5 Å². The number of para-hydroxylation sites is 1. The molecule has 2 heterocycles. The number of H-pyrrole nitrogens is 1. The summed E-state index contributed by atoms with van der Waals surface area (Å²) in [4.78, 5) is 29.9. The van der Waals surface area contributed by atoms with Gasteiger partial charge in [-0.3, -0.25) is 14.7 Å². The van der Waals surface area contributed by atoms with E-state index in [0.29, 0.717) is 37.4 Å². The predicted octanol–water partition coefficient (Wildman–Crippen LogP) is 5.85. The van der Waals surface area contributed by atoms with E-state index in [4.69, 9.17) is 0 Å². The van der Waals surface area contributed by atoms with Gasteiger partial charge in [-0.25, -0.2) is 0 Å². The van der Waals surface area contributed by atoms with Crippen LogP contribution in [0.3, 0.4) is 0 Å². The Bertz CT molecular complexity index is 1660. The van der Waals surface area contributed by atoms with E-state index >= 15 is 0 Å². The number of carbonyl (C=O) groups excluding carboxylic acids is 2. The minimum absolute atomic E-state index is 0.103. The van der Waals surface area contributed by atoms with Crippen LogP contribution >= 0.6 is 0 Å². The number of carbonyl (C=O) groups is 2. The zero-order valence-electron chi connectivity index (χ0n) is 21.7. The largest absolute Gasteiger partial charge is 0.365 e. The van der Waals surface area contributed by atoms with Crippen LogP contribution in [0.15, 0.2) is 97.2 Å². The number of nitrogens with zero attached hydrogens (tertiary/aromatic N) is 3. The maximum atomic E-state index is 13.9. The van der Waals surface area contributed by atoms with Gasteiger partial charge in [0.2, 0.25) is 5.91 Å². The van der Waals surface area contributed by atoms with Gasteiger partial charge in [0, 0.05) is 44.2 Å². The van der Waals surface area contributed by atoms with Gasteiger partial charge in [0.05, 0.1) is 23.0 Å². The molecular formula is C32H29N5O2. The summed E-state index contributed by atoms with van der Waals surface area (Å²) in [5, 5.41) is 11.2. The zero-order chi connectivity index (χ0) is 26.8. The van der Waals surface area contributed by atoms with Gasteiger partial charge in [0.1, 0.15) is 0 Å². The average Bonchev–Trinajstić information content (AvgIpc) is 3.37. The van der Waals surface area contributed by atoms with Crippen molar-refractivity contribution < 1.29 is 9.59 Å². The molecule has 6 rings (SSSR count). The minimum Gasteiger partial charge on any atom is -0.365 e. The van der Waals surface area contributed by atoms with Gasteiger partial charge in [-0.15, -0.1) is 0 Å². The van der Waals surface area contributed by atoms with Crippen molar-refractivity contribution in [1.82, 2.24) is 15.1 Å². The Morgan fingerprint density at radius 1 is 0.897 bits per heavy atom. The first-order valence-corrected chi connectivity index (χ1v) is 13.1. The van der Waals surface area contributed by atoms with Crippen LogP contribution in [0.25, 0.3) is 22.0 Å². The van der Waals surface area contributed by atoms with Crippen molar-refractivity contribution in [3.05, 3.63) is 114 Å². The molecule has 0 saturated carbocycles. The highest BCUT2D eigenvalue weighted by Crippen LogP contribution is 2.33. The van der Waals surface area contributed by atoms with E-state index < -0.39 is 0 Å². The topological polar surface area (TPSA) is 81.3 Å². The fourth-order valence-electron chi connectivity index (χ4n) is 5.33. The summed E-state index contributed by atoms with van der Waals surface area (Å²) < 4.78 is 0. The molecule has 0 saturated heterocycles. The van der Waals surface area contributed by atoms with Gasteiger partial charge < -0.3 is 15.1 Å². The second kappa shape index (κ2) is 10.5. The van der Waals surface area contributed by atoms with E-state index in [-0.39, 0.29) is 11.8 Å². The van der Waals surface area contributed by atoms with Gasteiger partial charge >= 0.3 is 0 Å². The molecule has 0 radical (unpaired) electrons. The van der Waals surface area contributed by atoms with Crippen molar-refractivity contribution in [3.8, 4) is 11.1 Å². The van der Waals surface area contributed by atoms with E-state index in [1.54, 1.807) is 12.1 Å². The van der Waals surface area contributed by atoms with Crippen molar-refractivity contribution >= 4 is 34.1 Å². The second-order valence-electron chi connectivity index (χ2n) is 9.83. The SMILES string of the molecule is CC(=O)Nc1ccccc1C(=O)N1CCN(Cc2cccc3[nH]ncc23)c2ccc(-c3ccccc3)cc2C1. The van der Waals surface area contributed by atoms with Crippen LogP contribution in [0.5, 0.6) is 0 Å². The lowest BCUT2D eigenvalue weighted by atomic mass is 10.0. The number of benzene rings is 4. The van der Waals surface area contributed by atoms with Crippen LogP contribution in [0.4, 0.5) is 11.4 Å². The number of nitrogens with one attached hydrogen (secondary N) is 2. The third kappa shape index (κ3) is 4.99. The average molecular weight is 516 g/mol. The summed E-state index contributed by atoms with van der Waals surface area (Å²) in [5.41, 5.74) is 7.64. The van der Waals surface area contributed by atoms with E-state index in [9.17, 15) is 9.59 Å². The van der Waals surface area contributed by atoms with Crippen molar-refractivity contribution in [2.45, 2.75) is 20.0 Å². The molecule has 1 aliphatic heterocycles. The molecule has 1 aliphatic rings. The zero-order valence-corrected chi connectivity index (χ0v) is 21.7. The van der Waals surface area contributed by atoms with Gasteiger partial charge in [-0.1, -0.05) is 60.7 Å². The minimum atomic E-state index is -0.205. The number of amides is 2. The second-order valence-corrected chi connectivity index (χ2v) is 9.83. The smallest absolute Gasteiger partial charge is 0.256 e. The number of hydrogen-bond donors (Lipinski definition) is 2. The first kappa shape index (κ1) is 24.4. The summed E-state index contributed by atoms with van der Waals surface area (Å²) in [6.07, 6.45) is 1.87. The molecular weight excluding hydrogens is 486 g/mol. The standard InChI is InChI=1S/C32H29N5O2/c1-22(38)34-29-12-6-5-11-27(29)32(39)37-17-16-36(20-25-10-7-13-30-28(25)19-33-35-30)31-15-14-24(18-26(31)21-37)23-8-3-2-4-9-23/h2-15,18-19H,16-17,20-21H2,1H3,(H,33,35)(H,34,38). The van der Waals surface area contributed by atoms with Gasteiger partial charge in [0.15, 0.2) is 0 Å². The lowest BCUT2D eigenvalue weighted by molar-refractivity contribution is -0.114. The van der Waals surface area contributed by atoms with Gasteiger partial charge in [-0.05, 0) is 52.6 Å². The predicted molar refractivity (Wildman–Crippen MR) is 155 cm³/mol. The van der Waals surface area contributed by atoms with Crippen LogP contribution in [-0.4, -0.2) is 40.0 Å². The maximum Gasteiger partial charge on any atom is 0.256 e. The molecule has 0 unspecified atom stereocenters. The van der Waals surface area contributed by atoms with Crippen LogP contribution in [0, 0.1) is 0 Å². The Morgan fingerprint density at radius 3 is 2.56 bits per heavy atom. The molecule has 0 atom stereocenters. The molecule has 1 aromatic heterocycles. The Hall–Kier alpha value is -4.91. The Balaban J connectivity index is 1.38. The highest BCUT2D eigenvalue weighted by atomic mass is 16.2. The molecule has 0 bridgehead atoms. The highest BCUT2D eigenvalue weighted by Gasteiger charge is 2.26. The number of anilines is 2. The first-order chi connectivity index (χ1) is 19.1. The van der Waals surface area contributed by atoms with Crippen LogP contribution < -0.4 is 10.2 Å². The molecule has 0 spiro atoms. The monoisotopic (exact) mass is 515 g/mol. The fraction of sp³-hybridized carbons (Fsp3) is 0.156. The molecule has 39 heavy (non-hydrogen) atoms. The summed E-state index contributed by atoms with van der Waals surface area (Å²) in [6, 6.07) is 30.2.